The second kappa shape index (κ2) is 5.92. The van der Waals surface area contributed by atoms with Crippen LogP contribution in [0.4, 0.5) is 10.1 Å². The number of carbonyl (C=O) groups is 1. The van der Waals surface area contributed by atoms with E-state index in [9.17, 15) is 19.3 Å². The van der Waals surface area contributed by atoms with Gasteiger partial charge in [-0.15, -0.1) is 0 Å². The molecule has 1 heterocycles. The van der Waals surface area contributed by atoms with E-state index in [1.54, 1.807) is 0 Å². The Morgan fingerprint density at radius 3 is 2.71 bits per heavy atom. The number of nitrogens with zero attached hydrogens (tertiary/aromatic N) is 1. The summed E-state index contributed by atoms with van der Waals surface area (Å²) in [4.78, 5) is 21.7. The Kier molecular flexibility index (Phi) is 4.22. The summed E-state index contributed by atoms with van der Waals surface area (Å²) in [5.41, 5.74) is 5.02. The van der Waals surface area contributed by atoms with E-state index in [2.05, 4.69) is 4.74 Å². The molecule has 0 saturated heterocycles. The lowest BCUT2D eigenvalue weighted by molar-refractivity contribution is -0.385. The number of alkyl halides is 1. The second-order valence-electron chi connectivity index (χ2n) is 4.20. The Morgan fingerprint density at radius 1 is 1.52 bits per heavy atom. The van der Waals surface area contributed by atoms with Gasteiger partial charge in [0.15, 0.2) is 11.5 Å². The highest BCUT2D eigenvalue weighted by molar-refractivity contribution is 5.76. The zero-order valence-electron chi connectivity index (χ0n) is 11.1. The first-order valence-corrected chi connectivity index (χ1v) is 6.10. The lowest BCUT2D eigenvalue weighted by atomic mass is 10.0. The van der Waals surface area contributed by atoms with E-state index in [0.29, 0.717) is 0 Å². The van der Waals surface area contributed by atoms with Crippen molar-refractivity contribution in [2.24, 2.45) is 5.73 Å². The Bertz CT molecular complexity index is 579. The lowest BCUT2D eigenvalue weighted by Gasteiger charge is -2.16. The number of rotatable bonds is 5. The minimum absolute atomic E-state index is 0.0186. The van der Waals surface area contributed by atoms with Gasteiger partial charge in [-0.3, -0.25) is 10.1 Å². The van der Waals surface area contributed by atoms with E-state index in [1.807, 2.05) is 0 Å². The number of hydrogen-bond donors (Lipinski definition) is 1. The average Bonchev–Trinajstić information content (AvgIpc) is 2.91. The number of nitro benzene ring substituents is 1. The number of ether oxygens (including phenoxy) is 3. The fraction of sp³-hybridized carbons (Fsp3) is 0.417. The van der Waals surface area contributed by atoms with Crippen LogP contribution in [0, 0.1) is 10.1 Å². The van der Waals surface area contributed by atoms with Gasteiger partial charge in [-0.1, -0.05) is 0 Å². The van der Waals surface area contributed by atoms with Crippen LogP contribution in [0.3, 0.4) is 0 Å². The van der Waals surface area contributed by atoms with E-state index in [4.69, 9.17) is 15.2 Å². The van der Waals surface area contributed by atoms with Crippen molar-refractivity contribution in [3.05, 3.63) is 27.8 Å². The summed E-state index contributed by atoms with van der Waals surface area (Å²) in [5.74, 6) is -0.789. The van der Waals surface area contributed by atoms with E-state index in [1.165, 1.54) is 13.0 Å². The first kappa shape index (κ1) is 15.0. The molecule has 1 aliphatic heterocycles. The molecule has 1 aliphatic rings. The standard InChI is InChI=1S/C12H13FN2O6/c1-2-19-12(16)10(13)11(14)6-3-8-9(21-5-20-8)4-7(6)15(17)18/h3-4,10-11H,2,5,14H2,1H3/t10?,11-/m1/s1. The van der Waals surface area contributed by atoms with Gasteiger partial charge >= 0.3 is 5.97 Å². The van der Waals surface area contributed by atoms with Crippen LogP contribution in [0.1, 0.15) is 18.5 Å². The summed E-state index contributed by atoms with van der Waals surface area (Å²) < 4.78 is 28.6. The molecular weight excluding hydrogens is 287 g/mol. The van der Waals surface area contributed by atoms with Crippen LogP contribution in [-0.2, 0) is 9.53 Å². The quantitative estimate of drug-likeness (QED) is 0.494. The summed E-state index contributed by atoms with van der Waals surface area (Å²) in [5, 5.41) is 11.1. The maximum absolute atomic E-state index is 14.0. The smallest absolute Gasteiger partial charge is 0.342 e. The van der Waals surface area contributed by atoms with Crippen LogP contribution in [0.5, 0.6) is 11.5 Å². The van der Waals surface area contributed by atoms with Crippen LogP contribution in [0.15, 0.2) is 12.1 Å². The number of esters is 1. The van der Waals surface area contributed by atoms with Gasteiger partial charge in [-0.2, -0.15) is 0 Å². The molecule has 9 heteroatoms. The van der Waals surface area contributed by atoms with Gasteiger partial charge < -0.3 is 19.9 Å². The zero-order valence-corrected chi connectivity index (χ0v) is 11.1. The highest BCUT2D eigenvalue weighted by Crippen LogP contribution is 2.40. The largest absolute Gasteiger partial charge is 0.464 e. The number of hydrogen-bond acceptors (Lipinski definition) is 7. The van der Waals surface area contributed by atoms with Crippen LogP contribution in [0.2, 0.25) is 0 Å². The minimum Gasteiger partial charge on any atom is -0.464 e. The molecule has 1 aromatic carbocycles. The molecule has 21 heavy (non-hydrogen) atoms. The highest BCUT2D eigenvalue weighted by Gasteiger charge is 2.34. The molecule has 8 nitrogen and oxygen atoms in total. The summed E-state index contributed by atoms with van der Waals surface area (Å²) in [6.45, 7) is 1.40. The van der Waals surface area contributed by atoms with E-state index in [-0.39, 0.29) is 30.5 Å². The van der Waals surface area contributed by atoms with Crippen molar-refractivity contribution < 1.29 is 28.3 Å². The first-order valence-electron chi connectivity index (χ1n) is 6.10. The number of benzene rings is 1. The van der Waals surface area contributed by atoms with E-state index < -0.39 is 28.8 Å². The molecule has 0 spiro atoms. The van der Waals surface area contributed by atoms with Crippen molar-refractivity contribution in [3.8, 4) is 11.5 Å². The monoisotopic (exact) mass is 300 g/mol. The third kappa shape index (κ3) is 2.87. The molecule has 1 aromatic rings. The normalized spacial score (nSPS) is 15.4. The molecule has 0 radical (unpaired) electrons. The number of nitrogens with two attached hydrogens (primary N) is 1. The maximum atomic E-state index is 14.0. The van der Waals surface area contributed by atoms with Gasteiger partial charge in [0.1, 0.15) is 0 Å². The van der Waals surface area contributed by atoms with Crippen molar-refractivity contribution in [2.45, 2.75) is 19.1 Å². The van der Waals surface area contributed by atoms with Crippen molar-refractivity contribution in [2.75, 3.05) is 13.4 Å². The molecule has 0 fully saturated rings. The molecule has 0 bridgehead atoms. The summed E-state index contributed by atoms with van der Waals surface area (Å²) in [6, 6.07) is 0.755. The van der Waals surface area contributed by atoms with Crippen molar-refractivity contribution in [3.63, 3.8) is 0 Å². The van der Waals surface area contributed by atoms with Crippen molar-refractivity contribution >= 4 is 11.7 Å². The SMILES string of the molecule is CCOC(=O)C(F)[C@H](N)c1cc2c(cc1[N+](=O)[O-])OCO2. The number of nitro groups is 1. The fourth-order valence-corrected chi connectivity index (χ4v) is 1.90. The highest BCUT2D eigenvalue weighted by atomic mass is 19.1. The molecular formula is C12H13FN2O6. The molecule has 114 valence electrons. The Morgan fingerprint density at radius 2 is 2.14 bits per heavy atom. The number of carbonyl (C=O) groups excluding carboxylic acids is 1. The molecule has 0 amide bonds. The van der Waals surface area contributed by atoms with E-state index >= 15 is 0 Å². The van der Waals surface area contributed by atoms with Gasteiger partial charge in [0.2, 0.25) is 13.0 Å². The molecule has 2 rings (SSSR count). The zero-order chi connectivity index (χ0) is 15.6. The maximum Gasteiger partial charge on any atom is 0.342 e. The molecule has 2 N–H and O–H groups in total. The Hall–Kier alpha value is -2.42. The average molecular weight is 300 g/mol. The first-order chi connectivity index (χ1) is 9.95. The van der Waals surface area contributed by atoms with Crippen molar-refractivity contribution in [1.82, 2.24) is 0 Å². The molecule has 0 aliphatic carbocycles. The van der Waals surface area contributed by atoms with Crippen LogP contribution >= 0.6 is 0 Å². The summed E-state index contributed by atoms with van der Waals surface area (Å²) in [6.07, 6.45) is -2.22. The van der Waals surface area contributed by atoms with Gasteiger partial charge in [0.05, 0.1) is 29.2 Å². The molecule has 1 unspecified atom stereocenters. The Balaban J connectivity index is 2.37. The summed E-state index contributed by atoms with van der Waals surface area (Å²) in [7, 11) is 0. The minimum atomic E-state index is -2.22. The summed E-state index contributed by atoms with van der Waals surface area (Å²) >= 11 is 0. The van der Waals surface area contributed by atoms with Crippen LogP contribution < -0.4 is 15.2 Å². The van der Waals surface area contributed by atoms with Gasteiger partial charge in [0, 0.05) is 0 Å². The predicted octanol–water partition coefficient (Wildman–Crippen LogP) is 1.22. The van der Waals surface area contributed by atoms with Gasteiger partial charge in [-0.25, -0.2) is 9.18 Å². The predicted molar refractivity (Wildman–Crippen MR) is 67.7 cm³/mol. The topological polar surface area (TPSA) is 114 Å². The second-order valence-corrected chi connectivity index (χ2v) is 4.20. The third-order valence-corrected chi connectivity index (χ3v) is 2.90. The number of fused-ring (bicyclic) bond motifs is 1. The molecule has 0 saturated carbocycles. The lowest BCUT2D eigenvalue weighted by Crippen LogP contribution is -2.32. The molecule has 2 atom stereocenters. The van der Waals surface area contributed by atoms with Crippen LogP contribution in [-0.4, -0.2) is 30.5 Å². The van der Waals surface area contributed by atoms with E-state index in [0.717, 1.165) is 6.07 Å². The van der Waals surface area contributed by atoms with Crippen LogP contribution in [0.25, 0.3) is 0 Å². The van der Waals surface area contributed by atoms with Crippen molar-refractivity contribution in [1.29, 1.82) is 0 Å². The van der Waals surface area contributed by atoms with Gasteiger partial charge in [0.25, 0.3) is 5.69 Å². The number of halogens is 1. The van der Waals surface area contributed by atoms with Gasteiger partial charge in [-0.05, 0) is 13.0 Å². The fourth-order valence-electron chi connectivity index (χ4n) is 1.90. The Labute approximate surface area is 118 Å². The third-order valence-electron chi connectivity index (χ3n) is 2.90. The molecule has 0 aromatic heterocycles.